The number of isothiocyanates is 1. The normalized spacial score (nSPS) is 9.31. The monoisotopic (exact) mass is 244 g/mol. The molecule has 0 aromatic heterocycles. The van der Waals surface area contributed by atoms with Crippen LogP contribution in [0, 0.1) is 0 Å². The van der Waals surface area contributed by atoms with Crippen LogP contribution in [-0.4, -0.2) is 31.0 Å². The molecule has 0 aromatic rings. The molecule has 0 atom stereocenters. The molecule has 16 heavy (non-hydrogen) atoms. The fraction of sp³-hybridized carbons (Fsp3) is 0.818. The Bertz CT molecular complexity index is 228. The molecule has 0 bridgehead atoms. The van der Waals surface area contributed by atoms with Crippen LogP contribution in [0.4, 0.5) is 4.79 Å². The van der Waals surface area contributed by atoms with Crippen molar-refractivity contribution >= 4 is 23.5 Å². The number of rotatable bonds is 9. The van der Waals surface area contributed by atoms with Crippen LogP contribution in [0.5, 0.6) is 0 Å². The number of alkyl carbamates (subject to hydrolysis) is 1. The van der Waals surface area contributed by atoms with E-state index in [1.165, 1.54) is 19.3 Å². The number of carbonyl (C=O) groups excluding carboxylic acids is 1. The molecule has 0 spiro atoms. The molecule has 0 aliphatic carbocycles. The first-order chi connectivity index (χ1) is 7.81. The molecule has 4 nitrogen and oxygen atoms in total. The van der Waals surface area contributed by atoms with E-state index in [2.05, 4.69) is 34.6 Å². The van der Waals surface area contributed by atoms with E-state index in [-0.39, 0.29) is 6.09 Å². The smallest absolute Gasteiger partial charge is 0.407 e. The van der Waals surface area contributed by atoms with Crippen LogP contribution in [-0.2, 0) is 4.74 Å². The summed E-state index contributed by atoms with van der Waals surface area (Å²) >= 11 is 4.39. The van der Waals surface area contributed by atoms with Crippen molar-refractivity contribution < 1.29 is 9.53 Å². The van der Waals surface area contributed by atoms with Crippen molar-refractivity contribution in [2.24, 2.45) is 4.99 Å². The second-order valence-electron chi connectivity index (χ2n) is 3.45. The summed E-state index contributed by atoms with van der Waals surface area (Å²) in [6, 6.07) is 0. The van der Waals surface area contributed by atoms with Gasteiger partial charge in [-0.2, -0.15) is 0 Å². The summed E-state index contributed by atoms with van der Waals surface area (Å²) in [6.45, 7) is 3.56. The minimum absolute atomic E-state index is 0.380. The van der Waals surface area contributed by atoms with Gasteiger partial charge in [0.1, 0.15) is 0 Å². The number of hydrogen-bond acceptors (Lipinski definition) is 4. The summed E-state index contributed by atoms with van der Waals surface area (Å²) in [5.74, 6) is 0. The number of nitrogens with zero attached hydrogens (tertiary/aromatic N) is 1. The van der Waals surface area contributed by atoms with Crippen LogP contribution in [0.15, 0.2) is 4.99 Å². The van der Waals surface area contributed by atoms with Crippen molar-refractivity contribution in [1.82, 2.24) is 5.32 Å². The Morgan fingerprint density at radius 1 is 1.38 bits per heavy atom. The van der Waals surface area contributed by atoms with E-state index in [0.717, 1.165) is 12.8 Å². The van der Waals surface area contributed by atoms with Crippen molar-refractivity contribution in [2.45, 2.75) is 39.0 Å². The maximum absolute atomic E-state index is 11.1. The number of nitrogens with one attached hydrogen (secondary N) is 1. The van der Waals surface area contributed by atoms with Crippen LogP contribution in [0.25, 0.3) is 0 Å². The summed E-state index contributed by atoms with van der Waals surface area (Å²) < 4.78 is 4.96. The van der Waals surface area contributed by atoms with E-state index in [9.17, 15) is 4.79 Å². The van der Waals surface area contributed by atoms with Gasteiger partial charge in [0.15, 0.2) is 0 Å². The van der Waals surface area contributed by atoms with Gasteiger partial charge in [0, 0.05) is 6.54 Å². The summed E-state index contributed by atoms with van der Waals surface area (Å²) in [5.41, 5.74) is 0. The van der Waals surface area contributed by atoms with Gasteiger partial charge in [-0.05, 0) is 18.6 Å². The van der Waals surface area contributed by atoms with Gasteiger partial charge in [0.25, 0.3) is 0 Å². The molecular weight excluding hydrogens is 224 g/mol. The largest absolute Gasteiger partial charge is 0.450 e. The molecule has 0 unspecified atom stereocenters. The van der Waals surface area contributed by atoms with Gasteiger partial charge in [-0.1, -0.05) is 32.6 Å². The Labute approximate surface area is 102 Å². The van der Waals surface area contributed by atoms with E-state index in [1.807, 2.05) is 0 Å². The van der Waals surface area contributed by atoms with Gasteiger partial charge >= 0.3 is 6.09 Å². The lowest BCUT2D eigenvalue weighted by Gasteiger charge is -2.05. The zero-order chi connectivity index (χ0) is 12.1. The molecule has 0 aliphatic rings. The second-order valence-corrected chi connectivity index (χ2v) is 3.63. The van der Waals surface area contributed by atoms with Gasteiger partial charge in [0.05, 0.1) is 18.3 Å². The van der Waals surface area contributed by atoms with Gasteiger partial charge in [-0.3, -0.25) is 0 Å². The number of ether oxygens (including phenoxy) is 1. The highest BCUT2D eigenvalue weighted by Crippen LogP contribution is 2.02. The van der Waals surface area contributed by atoms with Crippen LogP contribution < -0.4 is 5.32 Å². The van der Waals surface area contributed by atoms with Crippen LogP contribution in [0.3, 0.4) is 0 Å². The van der Waals surface area contributed by atoms with E-state index in [4.69, 9.17) is 4.74 Å². The molecule has 1 N–H and O–H groups in total. The highest BCUT2D eigenvalue weighted by atomic mass is 32.1. The summed E-state index contributed by atoms with van der Waals surface area (Å²) in [4.78, 5) is 14.7. The zero-order valence-electron chi connectivity index (χ0n) is 9.83. The van der Waals surface area contributed by atoms with E-state index in [0.29, 0.717) is 19.7 Å². The highest BCUT2D eigenvalue weighted by molar-refractivity contribution is 7.78. The molecule has 0 aromatic carbocycles. The molecular formula is C11H20N2O2S. The van der Waals surface area contributed by atoms with Crippen LogP contribution >= 0.6 is 12.2 Å². The molecule has 0 rings (SSSR count). The molecule has 0 saturated carbocycles. The average Bonchev–Trinajstić information content (AvgIpc) is 2.29. The van der Waals surface area contributed by atoms with Crippen LogP contribution in [0.2, 0.25) is 0 Å². The quantitative estimate of drug-likeness (QED) is 0.385. The Morgan fingerprint density at radius 2 is 2.12 bits per heavy atom. The van der Waals surface area contributed by atoms with Crippen molar-refractivity contribution in [2.75, 3.05) is 19.7 Å². The zero-order valence-corrected chi connectivity index (χ0v) is 10.6. The average molecular weight is 244 g/mol. The third-order valence-electron chi connectivity index (χ3n) is 2.04. The Balaban J connectivity index is 3.20. The Hall–Kier alpha value is -0.930. The number of unbranched alkanes of at least 4 members (excludes halogenated alkanes) is 4. The minimum Gasteiger partial charge on any atom is -0.450 e. The predicted molar refractivity (Wildman–Crippen MR) is 68.0 cm³/mol. The molecule has 0 heterocycles. The first-order valence-corrected chi connectivity index (χ1v) is 6.16. The summed E-state index contributed by atoms with van der Waals surface area (Å²) in [5, 5.41) is 4.81. The first kappa shape index (κ1) is 15.1. The lowest BCUT2D eigenvalue weighted by molar-refractivity contribution is 0.144. The number of amides is 1. The molecule has 0 saturated heterocycles. The summed E-state index contributed by atoms with van der Waals surface area (Å²) in [6.07, 6.45) is 5.37. The Kier molecular flexibility index (Phi) is 11.4. The molecule has 0 radical (unpaired) electrons. The standard InChI is InChI=1S/C11H20N2O2S/c1-2-3-4-5-6-9-15-11(14)13-8-7-12-10-16/h2-9H2,1H3,(H,13,14). The van der Waals surface area contributed by atoms with Gasteiger partial charge in [-0.25, -0.2) is 9.79 Å². The van der Waals surface area contributed by atoms with Gasteiger partial charge in [-0.15, -0.1) is 0 Å². The topological polar surface area (TPSA) is 50.7 Å². The number of hydrogen-bond donors (Lipinski definition) is 1. The fourth-order valence-corrected chi connectivity index (χ4v) is 1.27. The minimum atomic E-state index is -0.380. The van der Waals surface area contributed by atoms with E-state index >= 15 is 0 Å². The predicted octanol–water partition coefficient (Wildman–Crippen LogP) is 2.79. The second kappa shape index (κ2) is 12.1. The van der Waals surface area contributed by atoms with Crippen molar-refractivity contribution in [3.63, 3.8) is 0 Å². The fourth-order valence-electron chi connectivity index (χ4n) is 1.18. The lowest BCUT2D eigenvalue weighted by atomic mass is 10.2. The number of thiocarbonyl (C=S) groups is 1. The maximum Gasteiger partial charge on any atom is 0.407 e. The van der Waals surface area contributed by atoms with E-state index in [1.54, 1.807) is 0 Å². The maximum atomic E-state index is 11.1. The third-order valence-corrected chi connectivity index (χ3v) is 2.17. The van der Waals surface area contributed by atoms with Gasteiger partial charge in [0.2, 0.25) is 0 Å². The van der Waals surface area contributed by atoms with Crippen molar-refractivity contribution in [3.05, 3.63) is 0 Å². The lowest BCUT2D eigenvalue weighted by Crippen LogP contribution is -2.27. The number of aliphatic imine (C=N–C) groups is 1. The molecule has 1 amide bonds. The molecule has 0 fully saturated rings. The van der Waals surface area contributed by atoms with E-state index < -0.39 is 0 Å². The van der Waals surface area contributed by atoms with Crippen LogP contribution in [0.1, 0.15) is 39.0 Å². The molecule has 92 valence electrons. The highest BCUT2D eigenvalue weighted by Gasteiger charge is 1.99. The first-order valence-electron chi connectivity index (χ1n) is 5.75. The van der Waals surface area contributed by atoms with Crippen molar-refractivity contribution in [3.8, 4) is 0 Å². The molecule has 5 heteroatoms. The van der Waals surface area contributed by atoms with Crippen molar-refractivity contribution in [1.29, 1.82) is 0 Å². The summed E-state index contributed by atoms with van der Waals surface area (Å²) in [7, 11) is 0. The number of carbonyl (C=O) groups is 1. The Morgan fingerprint density at radius 3 is 2.81 bits per heavy atom. The molecule has 0 aliphatic heterocycles. The van der Waals surface area contributed by atoms with Gasteiger partial charge < -0.3 is 10.1 Å². The third kappa shape index (κ3) is 11.1. The SMILES string of the molecule is CCCCCCCOC(=O)NCCN=C=S.